The van der Waals surface area contributed by atoms with Crippen LogP contribution >= 0.6 is 0 Å². The van der Waals surface area contributed by atoms with Gasteiger partial charge in [-0.2, -0.15) is 0 Å². The molecule has 0 radical (unpaired) electrons. The van der Waals surface area contributed by atoms with Gasteiger partial charge in [-0.05, 0) is 42.1 Å². The van der Waals surface area contributed by atoms with Gasteiger partial charge in [0.15, 0.2) is 0 Å². The summed E-state index contributed by atoms with van der Waals surface area (Å²) in [6.07, 6.45) is 1.69. The van der Waals surface area contributed by atoms with E-state index >= 15 is 0 Å². The Morgan fingerprint density at radius 3 is 2.27 bits per heavy atom. The van der Waals surface area contributed by atoms with Crippen LogP contribution in [-0.4, -0.2) is 33.5 Å². The number of imide groups is 1. The van der Waals surface area contributed by atoms with Crippen LogP contribution in [0.5, 0.6) is 0 Å². The summed E-state index contributed by atoms with van der Waals surface area (Å²) >= 11 is 0. The van der Waals surface area contributed by atoms with Crippen molar-refractivity contribution >= 4 is 22.6 Å². The number of carbonyl (C=O) groups is 2. The lowest BCUT2D eigenvalue weighted by Gasteiger charge is -2.27. The molecule has 3 aromatic carbocycles. The minimum Gasteiger partial charge on any atom is -0.416 e. The predicted molar refractivity (Wildman–Crippen MR) is 113 cm³/mol. The molecule has 2 amide bonds. The monoisotopic (exact) mass is 397 g/mol. The molecule has 30 heavy (non-hydrogen) atoms. The fraction of sp³-hybridized carbons (Fsp3) is 0.167. The Morgan fingerprint density at radius 2 is 1.50 bits per heavy atom. The van der Waals surface area contributed by atoms with Crippen molar-refractivity contribution in [2.45, 2.75) is 19.8 Å². The van der Waals surface area contributed by atoms with Crippen molar-refractivity contribution in [3.05, 3.63) is 71.8 Å². The molecule has 5 rings (SSSR count). The van der Waals surface area contributed by atoms with Crippen molar-refractivity contribution < 1.29 is 14.0 Å². The lowest BCUT2D eigenvalue weighted by Crippen LogP contribution is -2.40. The van der Waals surface area contributed by atoms with Gasteiger partial charge in [-0.3, -0.25) is 14.5 Å². The number of rotatable bonds is 5. The van der Waals surface area contributed by atoms with E-state index in [1.807, 2.05) is 55.5 Å². The van der Waals surface area contributed by atoms with Crippen molar-refractivity contribution in [1.82, 2.24) is 15.1 Å². The second-order valence-electron chi connectivity index (χ2n) is 7.28. The van der Waals surface area contributed by atoms with Gasteiger partial charge < -0.3 is 4.42 Å². The van der Waals surface area contributed by atoms with Gasteiger partial charge in [0.05, 0.1) is 0 Å². The van der Waals surface area contributed by atoms with Gasteiger partial charge in [0.2, 0.25) is 11.8 Å². The van der Waals surface area contributed by atoms with E-state index in [4.69, 9.17) is 4.42 Å². The summed E-state index contributed by atoms with van der Waals surface area (Å²) in [6.45, 7) is 2.46. The van der Waals surface area contributed by atoms with Crippen LogP contribution in [0.3, 0.4) is 0 Å². The molecule has 148 valence electrons. The van der Waals surface area contributed by atoms with Crippen LogP contribution in [0, 0.1) is 0 Å². The van der Waals surface area contributed by atoms with E-state index in [1.165, 1.54) is 4.90 Å². The third-order valence-corrected chi connectivity index (χ3v) is 5.40. The minimum atomic E-state index is -0.251. The highest BCUT2D eigenvalue weighted by atomic mass is 16.4. The first-order valence-corrected chi connectivity index (χ1v) is 10.00. The third kappa shape index (κ3) is 2.80. The minimum absolute atomic E-state index is 0.251. The van der Waals surface area contributed by atoms with Crippen LogP contribution in [0.15, 0.2) is 65.1 Å². The molecule has 0 N–H and O–H groups in total. The fourth-order valence-electron chi connectivity index (χ4n) is 3.88. The number of benzene rings is 3. The summed E-state index contributed by atoms with van der Waals surface area (Å²) < 4.78 is 5.92. The Balaban J connectivity index is 1.64. The Bertz CT molecular complexity index is 1260. The molecular weight excluding hydrogens is 378 g/mol. The van der Waals surface area contributed by atoms with E-state index in [9.17, 15) is 9.59 Å². The molecule has 1 aromatic heterocycles. The largest absolute Gasteiger partial charge is 0.416 e. The van der Waals surface area contributed by atoms with E-state index in [0.29, 0.717) is 40.4 Å². The maximum absolute atomic E-state index is 13.0. The van der Waals surface area contributed by atoms with Crippen molar-refractivity contribution in [2.24, 2.45) is 0 Å². The molecule has 0 unspecified atom stereocenters. The SMILES string of the molecule is CCCCN1C(=O)c2cccc3c(-c4nnc(-c5ccccc5)o4)ccc(c23)C1=O. The van der Waals surface area contributed by atoms with Gasteiger partial charge in [0, 0.05) is 34.2 Å². The summed E-state index contributed by atoms with van der Waals surface area (Å²) in [5, 5.41) is 9.78. The van der Waals surface area contributed by atoms with Gasteiger partial charge in [-0.1, -0.05) is 43.7 Å². The fourth-order valence-corrected chi connectivity index (χ4v) is 3.88. The number of unbranched alkanes of at least 4 members (excludes halogenated alkanes) is 1. The first kappa shape index (κ1) is 18.2. The van der Waals surface area contributed by atoms with Crippen molar-refractivity contribution in [3.8, 4) is 22.9 Å². The Hall–Kier alpha value is -3.80. The topological polar surface area (TPSA) is 76.3 Å². The van der Waals surface area contributed by atoms with Gasteiger partial charge in [0.1, 0.15) is 0 Å². The Morgan fingerprint density at radius 1 is 0.800 bits per heavy atom. The van der Waals surface area contributed by atoms with E-state index in [0.717, 1.165) is 23.8 Å². The molecular formula is C24H19N3O3. The highest BCUT2D eigenvalue weighted by Crippen LogP contribution is 2.36. The van der Waals surface area contributed by atoms with Crippen molar-refractivity contribution in [2.75, 3.05) is 6.54 Å². The van der Waals surface area contributed by atoms with Gasteiger partial charge >= 0.3 is 0 Å². The molecule has 0 atom stereocenters. The standard InChI is InChI=1S/C24H19N3O3/c1-2-3-14-27-23(28)18-11-7-10-16-17(12-13-19(20(16)18)24(27)29)22-26-25-21(30-22)15-8-5-4-6-9-15/h4-13H,2-3,14H2,1H3. The lowest BCUT2D eigenvalue weighted by atomic mass is 9.91. The molecule has 0 spiro atoms. The summed E-state index contributed by atoms with van der Waals surface area (Å²) in [6, 6.07) is 18.6. The van der Waals surface area contributed by atoms with Crippen molar-refractivity contribution in [3.63, 3.8) is 0 Å². The molecule has 2 heterocycles. The zero-order valence-electron chi connectivity index (χ0n) is 16.5. The number of carbonyl (C=O) groups excluding carboxylic acids is 2. The van der Waals surface area contributed by atoms with E-state index in [2.05, 4.69) is 10.2 Å². The van der Waals surface area contributed by atoms with Crippen molar-refractivity contribution in [1.29, 1.82) is 0 Å². The summed E-state index contributed by atoms with van der Waals surface area (Å²) in [4.78, 5) is 27.4. The highest BCUT2D eigenvalue weighted by molar-refractivity contribution is 6.26. The van der Waals surface area contributed by atoms with Crippen LogP contribution in [0.25, 0.3) is 33.7 Å². The molecule has 1 aliphatic rings. The average Bonchev–Trinajstić information content (AvgIpc) is 3.28. The third-order valence-electron chi connectivity index (χ3n) is 5.40. The first-order valence-electron chi connectivity index (χ1n) is 10.00. The second kappa shape index (κ2) is 7.22. The quantitative estimate of drug-likeness (QED) is 0.445. The molecule has 1 aliphatic heterocycles. The smallest absolute Gasteiger partial charge is 0.261 e. The summed E-state index contributed by atoms with van der Waals surface area (Å²) in [5.74, 6) is 0.272. The van der Waals surface area contributed by atoms with Gasteiger partial charge in [-0.25, -0.2) is 0 Å². The first-order chi connectivity index (χ1) is 14.7. The number of aromatic nitrogens is 2. The number of nitrogens with zero attached hydrogens (tertiary/aromatic N) is 3. The number of amides is 2. The molecule has 6 heteroatoms. The van der Waals surface area contributed by atoms with Crippen LogP contribution in [-0.2, 0) is 0 Å². The molecule has 4 aromatic rings. The highest BCUT2D eigenvalue weighted by Gasteiger charge is 2.33. The number of hydrogen-bond acceptors (Lipinski definition) is 5. The lowest BCUT2D eigenvalue weighted by molar-refractivity contribution is 0.0608. The van der Waals surface area contributed by atoms with E-state index in [-0.39, 0.29) is 11.8 Å². The molecule has 0 fully saturated rings. The van der Waals surface area contributed by atoms with Gasteiger partial charge in [-0.15, -0.1) is 10.2 Å². The normalized spacial score (nSPS) is 13.3. The summed E-state index contributed by atoms with van der Waals surface area (Å²) in [7, 11) is 0. The molecule has 0 bridgehead atoms. The average molecular weight is 397 g/mol. The van der Waals surface area contributed by atoms with Crippen LogP contribution < -0.4 is 0 Å². The maximum Gasteiger partial charge on any atom is 0.261 e. The molecule has 0 saturated heterocycles. The predicted octanol–water partition coefficient (Wildman–Crippen LogP) is 4.95. The summed E-state index contributed by atoms with van der Waals surface area (Å²) in [5.41, 5.74) is 2.59. The van der Waals surface area contributed by atoms with Crippen LogP contribution in [0.4, 0.5) is 0 Å². The number of hydrogen-bond donors (Lipinski definition) is 0. The Kier molecular flexibility index (Phi) is 4.39. The molecule has 0 saturated carbocycles. The second-order valence-corrected chi connectivity index (χ2v) is 7.28. The van der Waals surface area contributed by atoms with E-state index in [1.54, 1.807) is 12.1 Å². The zero-order valence-corrected chi connectivity index (χ0v) is 16.5. The molecule has 6 nitrogen and oxygen atoms in total. The Labute approximate surface area is 173 Å². The van der Waals surface area contributed by atoms with E-state index < -0.39 is 0 Å². The van der Waals surface area contributed by atoms with Crippen LogP contribution in [0.1, 0.15) is 40.5 Å². The maximum atomic E-state index is 13.0. The van der Waals surface area contributed by atoms with Crippen LogP contribution in [0.2, 0.25) is 0 Å². The zero-order chi connectivity index (χ0) is 20.7. The molecule has 0 aliphatic carbocycles. The van der Waals surface area contributed by atoms with Gasteiger partial charge in [0.25, 0.3) is 11.8 Å².